The lowest BCUT2D eigenvalue weighted by atomic mass is 10.2. The second-order valence-corrected chi connectivity index (χ2v) is 7.01. The Labute approximate surface area is 157 Å². The largest absolute Gasteiger partial charge is 0.331 e. The molecule has 0 saturated carbocycles. The molecule has 0 aliphatic heterocycles. The Balaban J connectivity index is 1.74. The van der Waals surface area contributed by atoms with Crippen LogP contribution >= 0.6 is 34.5 Å². The molecule has 1 amide bonds. The van der Waals surface area contributed by atoms with Crippen LogP contribution in [-0.2, 0) is 0 Å². The van der Waals surface area contributed by atoms with Gasteiger partial charge in [-0.25, -0.2) is 9.37 Å². The van der Waals surface area contributed by atoms with Gasteiger partial charge in [0.05, 0.1) is 21.9 Å². The first kappa shape index (κ1) is 17.7. The Morgan fingerprint density at radius 1 is 1.20 bits per heavy atom. The van der Waals surface area contributed by atoms with Crippen LogP contribution in [0.3, 0.4) is 0 Å². The number of benzene rings is 2. The summed E-state index contributed by atoms with van der Waals surface area (Å²) in [6, 6.07) is 9.63. The van der Waals surface area contributed by atoms with Gasteiger partial charge in [0.2, 0.25) is 0 Å². The number of carbonyl (C=O) groups excluding carboxylic acids is 1. The molecule has 2 N–H and O–H groups in total. The average Bonchev–Trinajstić information content (AvgIpc) is 3.03. The van der Waals surface area contributed by atoms with Gasteiger partial charge >= 0.3 is 0 Å². The first-order chi connectivity index (χ1) is 11.9. The number of rotatable bonds is 4. The number of anilines is 3. The molecule has 1 heterocycles. The summed E-state index contributed by atoms with van der Waals surface area (Å²) >= 11 is 13.0. The summed E-state index contributed by atoms with van der Waals surface area (Å²) in [7, 11) is 0. The van der Waals surface area contributed by atoms with Crippen LogP contribution in [0.25, 0.3) is 0 Å². The zero-order valence-electron chi connectivity index (χ0n) is 12.9. The normalized spacial score (nSPS) is 10.6. The van der Waals surface area contributed by atoms with Crippen LogP contribution in [0.1, 0.15) is 15.2 Å². The topological polar surface area (TPSA) is 54.0 Å². The van der Waals surface area contributed by atoms with E-state index in [1.54, 1.807) is 6.07 Å². The predicted molar refractivity (Wildman–Crippen MR) is 101 cm³/mol. The Kier molecular flexibility index (Phi) is 5.22. The summed E-state index contributed by atoms with van der Waals surface area (Å²) in [6.45, 7) is 1.86. The number of hydrogen-bond donors (Lipinski definition) is 2. The molecule has 0 spiro atoms. The van der Waals surface area contributed by atoms with Crippen molar-refractivity contribution in [1.82, 2.24) is 4.98 Å². The number of thiazole rings is 1. The zero-order chi connectivity index (χ0) is 18.0. The molecule has 3 aromatic rings. The molecule has 128 valence electrons. The molecular weight excluding hydrogens is 384 g/mol. The lowest BCUT2D eigenvalue weighted by molar-refractivity contribution is 0.103. The minimum Gasteiger partial charge on any atom is -0.331 e. The SMILES string of the molecule is Cc1cccc(Cl)c1NC(=O)c1cnc(Nc2ccc(F)c(Cl)c2)s1. The maximum atomic E-state index is 13.2. The molecule has 0 bridgehead atoms. The second-order valence-electron chi connectivity index (χ2n) is 5.17. The summed E-state index contributed by atoms with van der Waals surface area (Å²) in [4.78, 5) is 16.9. The third kappa shape index (κ3) is 4.10. The van der Waals surface area contributed by atoms with E-state index in [4.69, 9.17) is 23.2 Å². The van der Waals surface area contributed by atoms with Gasteiger partial charge in [0.25, 0.3) is 5.91 Å². The fourth-order valence-corrected chi connectivity index (χ4v) is 3.28. The van der Waals surface area contributed by atoms with Crippen molar-refractivity contribution in [3.63, 3.8) is 0 Å². The summed E-state index contributed by atoms with van der Waals surface area (Å²) < 4.78 is 13.2. The summed E-state index contributed by atoms with van der Waals surface area (Å²) in [5, 5.41) is 6.74. The van der Waals surface area contributed by atoms with E-state index >= 15 is 0 Å². The van der Waals surface area contributed by atoms with Crippen molar-refractivity contribution in [2.45, 2.75) is 6.92 Å². The van der Waals surface area contributed by atoms with Gasteiger partial charge in [-0.1, -0.05) is 46.7 Å². The average molecular weight is 396 g/mol. The van der Waals surface area contributed by atoms with E-state index in [0.717, 1.165) is 16.9 Å². The lowest BCUT2D eigenvalue weighted by Gasteiger charge is -2.08. The van der Waals surface area contributed by atoms with E-state index in [1.807, 2.05) is 19.1 Å². The maximum Gasteiger partial charge on any atom is 0.267 e. The summed E-state index contributed by atoms with van der Waals surface area (Å²) in [6.07, 6.45) is 1.46. The molecule has 0 unspecified atom stereocenters. The molecule has 25 heavy (non-hydrogen) atoms. The number of nitrogens with one attached hydrogen (secondary N) is 2. The molecule has 0 saturated heterocycles. The Morgan fingerprint density at radius 2 is 2.00 bits per heavy atom. The van der Waals surface area contributed by atoms with Crippen LogP contribution < -0.4 is 10.6 Å². The van der Waals surface area contributed by atoms with Crippen molar-refractivity contribution in [3.8, 4) is 0 Å². The number of nitrogens with zero attached hydrogens (tertiary/aromatic N) is 1. The van der Waals surface area contributed by atoms with Gasteiger partial charge in [0, 0.05) is 5.69 Å². The van der Waals surface area contributed by atoms with Crippen LogP contribution in [0.4, 0.5) is 20.9 Å². The standard InChI is InChI=1S/C17H12Cl2FN3OS/c1-9-3-2-4-11(18)15(9)23-16(24)14-8-21-17(25-14)22-10-5-6-13(20)12(19)7-10/h2-8H,1H3,(H,21,22)(H,23,24). The molecule has 0 aliphatic carbocycles. The number of aryl methyl sites for hydroxylation is 1. The molecule has 1 aromatic heterocycles. The molecule has 8 heteroatoms. The monoisotopic (exact) mass is 395 g/mol. The first-order valence-electron chi connectivity index (χ1n) is 7.18. The van der Waals surface area contributed by atoms with Gasteiger partial charge in [-0.3, -0.25) is 4.79 Å². The molecule has 0 atom stereocenters. The third-order valence-corrected chi connectivity index (χ3v) is 4.88. The summed E-state index contributed by atoms with van der Waals surface area (Å²) in [5.74, 6) is -0.805. The van der Waals surface area contributed by atoms with E-state index in [-0.39, 0.29) is 10.9 Å². The van der Waals surface area contributed by atoms with Crippen LogP contribution in [0.2, 0.25) is 10.0 Å². The molecule has 4 nitrogen and oxygen atoms in total. The quantitative estimate of drug-likeness (QED) is 0.578. The van der Waals surface area contributed by atoms with Crippen LogP contribution in [0, 0.1) is 12.7 Å². The van der Waals surface area contributed by atoms with Crippen molar-refractivity contribution >= 4 is 57.0 Å². The van der Waals surface area contributed by atoms with Crippen LogP contribution in [-0.4, -0.2) is 10.9 Å². The number of hydrogen-bond acceptors (Lipinski definition) is 4. The summed E-state index contributed by atoms with van der Waals surface area (Å²) in [5.41, 5.74) is 2.02. The number of carbonyl (C=O) groups is 1. The smallest absolute Gasteiger partial charge is 0.267 e. The van der Waals surface area contributed by atoms with E-state index in [1.165, 1.54) is 24.4 Å². The lowest BCUT2D eigenvalue weighted by Crippen LogP contribution is -2.11. The van der Waals surface area contributed by atoms with Crippen molar-refractivity contribution in [2.24, 2.45) is 0 Å². The molecular formula is C17H12Cl2FN3OS. The fourth-order valence-electron chi connectivity index (χ4n) is 2.10. The Morgan fingerprint density at radius 3 is 2.72 bits per heavy atom. The van der Waals surface area contributed by atoms with E-state index in [9.17, 15) is 9.18 Å². The van der Waals surface area contributed by atoms with Gasteiger partial charge in [0.15, 0.2) is 5.13 Å². The first-order valence-corrected chi connectivity index (χ1v) is 8.75. The number of para-hydroxylation sites is 1. The highest BCUT2D eigenvalue weighted by Crippen LogP contribution is 2.28. The van der Waals surface area contributed by atoms with E-state index in [2.05, 4.69) is 15.6 Å². The van der Waals surface area contributed by atoms with Crippen LogP contribution in [0.5, 0.6) is 0 Å². The number of amides is 1. The van der Waals surface area contributed by atoms with Gasteiger partial charge in [-0.05, 0) is 36.8 Å². The van der Waals surface area contributed by atoms with Crippen LogP contribution in [0.15, 0.2) is 42.6 Å². The molecule has 0 fully saturated rings. The van der Waals surface area contributed by atoms with E-state index < -0.39 is 5.82 Å². The minimum absolute atomic E-state index is 0.00807. The van der Waals surface area contributed by atoms with Crippen molar-refractivity contribution < 1.29 is 9.18 Å². The zero-order valence-corrected chi connectivity index (χ0v) is 15.3. The fraction of sp³-hybridized carbons (Fsp3) is 0.0588. The third-order valence-electron chi connectivity index (χ3n) is 3.36. The highest BCUT2D eigenvalue weighted by atomic mass is 35.5. The van der Waals surface area contributed by atoms with E-state index in [0.29, 0.717) is 26.4 Å². The molecule has 0 radical (unpaired) electrons. The molecule has 3 rings (SSSR count). The highest BCUT2D eigenvalue weighted by molar-refractivity contribution is 7.17. The highest BCUT2D eigenvalue weighted by Gasteiger charge is 2.14. The van der Waals surface area contributed by atoms with Gasteiger partial charge in [-0.2, -0.15) is 0 Å². The van der Waals surface area contributed by atoms with Gasteiger partial charge in [0.1, 0.15) is 10.7 Å². The second kappa shape index (κ2) is 7.39. The molecule has 0 aliphatic rings. The van der Waals surface area contributed by atoms with Crippen molar-refractivity contribution in [2.75, 3.05) is 10.6 Å². The minimum atomic E-state index is -0.499. The number of aromatic nitrogens is 1. The Bertz CT molecular complexity index is 925. The van der Waals surface area contributed by atoms with Crippen molar-refractivity contribution in [3.05, 3.63) is 68.9 Å². The van der Waals surface area contributed by atoms with Gasteiger partial charge in [-0.15, -0.1) is 0 Å². The maximum absolute atomic E-state index is 13.2. The number of halogens is 3. The predicted octanol–water partition coefficient (Wildman–Crippen LogP) is 5.89. The molecule has 2 aromatic carbocycles. The van der Waals surface area contributed by atoms with Crippen molar-refractivity contribution in [1.29, 1.82) is 0 Å². The van der Waals surface area contributed by atoms with Gasteiger partial charge < -0.3 is 10.6 Å². The Hall–Kier alpha value is -2.15.